The zero-order chi connectivity index (χ0) is 22.7. The van der Waals surface area contributed by atoms with Gasteiger partial charge in [0.2, 0.25) is 0 Å². The number of carbonyl (C=O) groups is 1. The number of ether oxygens (including phenoxy) is 2. The van der Waals surface area contributed by atoms with Crippen molar-refractivity contribution in [2.45, 2.75) is 33.7 Å². The second-order valence-electron chi connectivity index (χ2n) is 7.03. The molecule has 0 radical (unpaired) electrons. The normalized spacial score (nSPS) is 16.2. The molecule has 164 valence electrons. The summed E-state index contributed by atoms with van der Waals surface area (Å²) in [5.74, 6) is -0.577. The molecule has 0 saturated heterocycles. The molecule has 0 amide bonds. The molecule has 0 fully saturated rings. The van der Waals surface area contributed by atoms with Gasteiger partial charge in [-0.2, -0.15) is 0 Å². The summed E-state index contributed by atoms with van der Waals surface area (Å²) in [6.45, 7) is 7.53. The fourth-order valence-corrected chi connectivity index (χ4v) is 3.84. The molecule has 0 aromatic heterocycles. The largest absolute Gasteiger partial charge is 0.504 e. The highest BCUT2D eigenvalue weighted by Crippen LogP contribution is 2.37. The Morgan fingerprint density at radius 2 is 1.94 bits per heavy atom. The van der Waals surface area contributed by atoms with E-state index >= 15 is 0 Å². The van der Waals surface area contributed by atoms with Gasteiger partial charge in [0.25, 0.3) is 0 Å². The van der Waals surface area contributed by atoms with E-state index in [1.165, 1.54) is 12.1 Å². The summed E-state index contributed by atoms with van der Waals surface area (Å²) >= 11 is 5.58. The number of nitrogens with zero attached hydrogens (tertiary/aromatic N) is 1. The van der Waals surface area contributed by atoms with Gasteiger partial charge in [-0.25, -0.2) is 9.18 Å². The Morgan fingerprint density at radius 3 is 2.58 bits per heavy atom. The zero-order valence-corrected chi connectivity index (χ0v) is 18.7. The van der Waals surface area contributed by atoms with Gasteiger partial charge in [-0.05, 0) is 75.3 Å². The molecule has 2 aromatic carbocycles. The number of phenolic OH excluding ortho intramolecular Hbond substituents is 1. The number of allylic oxidation sites excluding steroid dienone is 1. The lowest BCUT2D eigenvalue weighted by Gasteiger charge is -2.37. The van der Waals surface area contributed by atoms with Crippen LogP contribution in [0.2, 0.25) is 0 Å². The van der Waals surface area contributed by atoms with Gasteiger partial charge in [0.15, 0.2) is 16.6 Å². The van der Waals surface area contributed by atoms with Gasteiger partial charge < -0.3 is 19.9 Å². The number of hydrogen-bond donors (Lipinski definition) is 2. The topological polar surface area (TPSA) is 71.0 Å². The predicted molar refractivity (Wildman–Crippen MR) is 121 cm³/mol. The number of nitrogens with one attached hydrogen (secondary N) is 1. The minimum absolute atomic E-state index is 0.000806. The third-order valence-corrected chi connectivity index (χ3v) is 5.31. The number of esters is 1. The minimum atomic E-state index is -0.627. The number of phenols is 1. The summed E-state index contributed by atoms with van der Waals surface area (Å²) in [4.78, 5) is 14.5. The summed E-state index contributed by atoms with van der Waals surface area (Å²) in [6.07, 6.45) is 0. The average Bonchev–Trinajstić information content (AvgIpc) is 2.72. The van der Waals surface area contributed by atoms with E-state index in [0.717, 1.165) is 0 Å². The summed E-state index contributed by atoms with van der Waals surface area (Å²) in [6, 6.07) is 9.00. The Bertz CT molecular complexity index is 1050. The van der Waals surface area contributed by atoms with Gasteiger partial charge in [-0.1, -0.05) is 12.1 Å². The molecule has 1 atom stereocenters. The minimum Gasteiger partial charge on any atom is -0.504 e. The van der Waals surface area contributed by atoms with E-state index in [9.17, 15) is 14.3 Å². The molecule has 1 unspecified atom stereocenters. The van der Waals surface area contributed by atoms with Crippen molar-refractivity contribution in [3.63, 3.8) is 0 Å². The predicted octanol–water partition coefficient (Wildman–Crippen LogP) is 4.51. The van der Waals surface area contributed by atoms with E-state index in [1.807, 2.05) is 6.92 Å². The van der Waals surface area contributed by atoms with Crippen molar-refractivity contribution in [1.29, 1.82) is 0 Å². The number of benzene rings is 2. The molecule has 0 saturated carbocycles. The molecule has 0 spiro atoms. The van der Waals surface area contributed by atoms with E-state index in [-0.39, 0.29) is 18.2 Å². The smallest absolute Gasteiger partial charge is 0.338 e. The molecule has 8 heteroatoms. The van der Waals surface area contributed by atoms with Crippen LogP contribution in [-0.4, -0.2) is 29.4 Å². The van der Waals surface area contributed by atoms with Gasteiger partial charge in [-0.15, -0.1) is 0 Å². The van der Waals surface area contributed by atoms with Crippen molar-refractivity contribution >= 4 is 29.0 Å². The van der Waals surface area contributed by atoms with Crippen LogP contribution < -0.4 is 15.0 Å². The highest BCUT2D eigenvalue weighted by atomic mass is 32.1. The number of anilines is 1. The molecular formula is C23H25FN2O4S. The molecular weight excluding hydrogens is 419 g/mol. The number of hydrogen-bond acceptors (Lipinski definition) is 5. The highest BCUT2D eigenvalue weighted by molar-refractivity contribution is 7.80. The van der Waals surface area contributed by atoms with Gasteiger partial charge in [0.1, 0.15) is 5.82 Å². The number of rotatable bonds is 6. The number of thiocarbonyl (C=S) groups is 1. The number of aryl methyl sites for hydroxylation is 1. The number of halogens is 1. The Balaban J connectivity index is 2.14. The molecule has 1 heterocycles. The summed E-state index contributed by atoms with van der Waals surface area (Å²) in [7, 11) is 0. The highest BCUT2D eigenvalue weighted by Gasteiger charge is 2.36. The van der Waals surface area contributed by atoms with Gasteiger partial charge in [0.05, 0.1) is 30.5 Å². The standard InChI is InChI=1S/C23H25FN2O4S/c1-5-29-19-11-15(8-10-18(19)27)21-20(22(28)30-6-2)14(4)26(23(31)25-21)16-9-7-13(3)17(24)12-16/h7-12,21,27H,5-6H2,1-4H3,(H,25,31). The Labute approximate surface area is 186 Å². The molecule has 2 N–H and O–H groups in total. The van der Waals surface area contributed by atoms with Crippen molar-refractivity contribution in [3.8, 4) is 11.5 Å². The lowest BCUT2D eigenvalue weighted by atomic mass is 9.94. The van der Waals surface area contributed by atoms with E-state index in [2.05, 4.69) is 5.32 Å². The first-order chi connectivity index (χ1) is 14.8. The lowest BCUT2D eigenvalue weighted by molar-refractivity contribution is -0.139. The quantitative estimate of drug-likeness (QED) is 0.502. The van der Waals surface area contributed by atoms with Crippen LogP contribution in [0.3, 0.4) is 0 Å². The van der Waals surface area contributed by atoms with Crippen molar-refractivity contribution < 1.29 is 23.8 Å². The van der Waals surface area contributed by atoms with Crippen LogP contribution >= 0.6 is 12.2 Å². The maximum Gasteiger partial charge on any atom is 0.338 e. The summed E-state index contributed by atoms with van der Waals surface area (Å²) in [5.41, 5.74) is 2.54. The Morgan fingerprint density at radius 1 is 1.19 bits per heavy atom. The van der Waals surface area contributed by atoms with Gasteiger partial charge >= 0.3 is 5.97 Å². The molecule has 1 aliphatic heterocycles. The van der Waals surface area contributed by atoms with E-state index in [0.29, 0.717) is 45.6 Å². The van der Waals surface area contributed by atoms with Crippen LogP contribution in [0.4, 0.5) is 10.1 Å². The molecule has 1 aliphatic rings. The van der Waals surface area contributed by atoms with E-state index < -0.39 is 12.0 Å². The van der Waals surface area contributed by atoms with Crippen molar-refractivity contribution in [1.82, 2.24) is 5.32 Å². The average molecular weight is 445 g/mol. The number of aromatic hydroxyl groups is 1. The van der Waals surface area contributed by atoms with Crippen molar-refractivity contribution in [2.75, 3.05) is 18.1 Å². The second kappa shape index (κ2) is 9.34. The van der Waals surface area contributed by atoms with Crippen LogP contribution in [0.5, 0.6) is 11.5 Å². The fourth-order valence-electron chi connectivity index (χ4n) is 3.48. The second-order valence-corrected chi connectivity index (χ2v) is 7.42. The van der Waals surface area contributed by atoms with Crippen LogP contribution in [0.25, 0.3) is 0 Å². The summed E-state index contributed by atoms with van der Waals surface area (Å²) < 4.78 is 25.0. The molecule has 0 aliphatic carbocycles. The Hall–Kier alpha value is -3.13. The monoisotopic (exact) mass is 444 g/mol. The van der Waals surface area contributed by atoms with Gasteiger partial charge in [-0.3, -0.25) is 4.90 Å². The third-order valence-electron chi connectivity index (χ3n) is 5.01. The van der Waals surface area contributed by atoms with Crippen LogP contribution in [-0.2, 0) is 9.53 Å². The van der Waals surface area contributed by atoms with E-state index in [4.69, 9.17) is 21.7 Å². The maximum atomic E-state index is 14.2. The first-order valence-electron chi connectivity index (χ1n) is 9.98. The fraction of sp³-hybridized carbons (Fsp3) is 0.304. The third kappa shape index (κ3) is 4.49. The molecule has 2 aromatic rings. The van der Waals surface area contributed by atoms with Gasteiger partial charge in [0, 0.05) is 5.70 Å². The zero-order valence-electron chi connectivity index (χ0n) is 17.9. The van der Waals surface area contributed by atoms with Crippen LogP contribution in [0, 0.1) is 12.7 Å². The Kier molecular flexibility index (Phi) is 6.80. The maximum absolute atomic E-state index is 14.2. The van der Waals surface area contributed by atoms with Crippen molar-refractivity contribution in [2.24, 2.45) is 0 Å². The lowest BCUT2D eigenvalue weighted by Crippen LogP contribution is -2.48. The number of carbonyl (C=O) groups excluding carboxylic acids is 1. The SMILES string of the molecule is CCOC(=O)C1=C(C)N(c2ccc(C)c(F)c2)C(=S)NC1c1ccc(O)c(OCC)c1. The first kappa shape index (κ1) is 22.6. The van der Waals surface area contributed by atoms with E-state index in [1.54, 1.807) is 49.9 Å². The first-order valence-corrected chi connectivity index (χ1v) is 10.4. The van der Waals surface area contributed by atoms with Crippen molar-refractivity contribution in [3.05, 3.63) is 64.6 Å². The molecule has 31 heavy (non-hydrogen) atoms. The molecule has 6 nitrogen and oxygen atoms in total. The van der Waals surface area contributed by atoms with Crippen LogP contribution in [0.15, 0.2) is 47.7 Å². The van der Waals surface area contributed by atoms with Crippen LogP contribution in [0.1, 0.15) is 37.9 Å². The summed E-state index contributed by atoms with van der Waals surface area (Å²) in [5, 5.41) is 13.5. The molecule has 0 bridgehead atoms. The molecule has 3 rings (SSSR count).